The van der Waals surface area contributed by atoms with E-state index in [1.54, 1.807) is 25.1 Å². The SMILES string of the molecule is CCOC(=O)C1Cc2cccc(C(=O)C(NC(C)=O)NC(=O)[C@@H](NC(=O)Cc3ccccc3)[C@@H](C)CC)c2N1. The molecule has 0 bridgehead atoms. The molecule has 0 fully saturated rings. The Labute approximate surface area is 228 Å². The number of ketones is 1. The fourth-order valence-electron chi connectivity index (χ4n) is 4.44. The molecule has 2 unspecified atom stereocenters. The topological polar surface area (TPSA) is 143 Å². The Morgan fingerprint density at radius 3 is 2.33 bits per heavy atom. The van der Waals surface area contributed by atoms with E-state index in [0.29, 0.717) is 18.5 Å². The van der Waals surface area contributed by atoms with Crippen LogP contribution in [0, 0.1) is 5.92 Å². The van der Waals surface area contributed by atoms with Gasteiger partial charge in [0.25, 0.3) is 0 Å². The summed E-state index contributed by atoms with van der Waals surface area (Å²) in [7, 11) is 0. The minimum Gasteiger partial charge on any atom is -0.464 e. The lowest BCUT2D eigenvalue weighted by Crippen LogP contribution is -2.58. The van der Waals surface area contributed by atoms with Gasteiger partial charge in [-0.15, -0.1) is 0 Å². The van der Waals surface area contributed by atoms with Gasteiger partial charge >= 0.3 is 5.97 Å². The summed E-state index contributed by atoms with van der Waals surface area (Å²) in [6, 6.07) is 12.6. The summed E-state index contributed by atoms with van der Waals surface area (Å²) in [6.07, 6.45) is -0.356. The molecule has 1 aliphatic rings. The maximum atomic E-state index is 13.6. The molecule has 3 amide bonds. The fourth-order valence-corrected chi connectivity index (χ4v) is 4.44. The highest BCUT2D eigenvalue weighted by molar-refractivity contribution is 6.08. The third kappa shape index (κ3) is 7.66. The predicted molar refractivity (Wildman–Crippen MR) is 146 cm³/mol. The van der Waals surface area contributed by atoms with Crippen LogP contribution in [-0.4, -0.2) is 54.3 Å². The van der Waals surface area contributed by atoms with Crippen LogP contribution in [0.5, 0.6) is 0 Å². The number of carbonyl (C=O) groups excluding carboxylic acids is 5. The Morgan fingerprint density at radius 1 is 0.974 bits per heavy atom. The number of esters is 1. The molecular formula is C29H36N4O6. The molecule has 0 radical (unpaired) electrons. The monoisotopic (exact) mass is 536 g/mol. The zero-order valence-corrected chi connectivity index (χ0v) is 22.7. The molecule has 4 atom stereocenters. The maximum Gasteiger partial charge on any atom is 0.328 e. The van der Waals surface area contributed by atoms with Gasteiger partial charge in [0.15, 0.2) is 6.17 Å². The molecule has 10 nitrogen and oxygen atoms in total. The number of anilines is 1. The summed E-state index contributed by atoms with van der Waals surface area (Å²) < 4.78 is 5.10. The quantitative estimate of drug-likeness (QED) is 0.185. The molecule has 0 aromatic heterocycles. The lowest BCUT2D eigenvalue weighted by atomic mass is 9.97. The molecule has 0 aliphatic carbocycles. The molecular weight excluding hydrogens is 500 g/mol. The summed E-state index contributed by atoms with van der Waals surface area (Å²) in [4.78, 5) is 64.1. The molecule has 0 spiro atoms. The number of hydrogen-bond acceptors (Lipinski definition) is 7. The normalized spacial score (nSPS) is 16.1. The number of amides is 3. The maximum absolute atomic E-state index is 13.6. The molecule has 0 saturated carbocycles. The number of benzene rings is 2. The van der Waals surface area contributed by atoms with E-state index in [2.05, 4.69) is 21.3 Å². The first-order valence-corrected chi connectivity index (χ1v) is 13.1. The van der Waals surface area contributed by atoms with Gasteiger partial charge in [-0.25, -0.2) is 4.79 Å². The first-order chi connectivity index (χ1) is 18.6. The van der Waals surface area contributed by atoms with Crippen LogP contribution >= 0.6 is 0 Å². The number of ether oxygens (including phenoxy) is 1. The highest BCUT2D eigenvalue weighted by Crippen LogP contribution is 2.31. The average molecular weight is 537 g/mol. The Kier molecular flexibility index (Phi) is 10.2. The van der Waals surface area contributed by atoms with Crippen molar-refractivity contribution < 1.29 is 28.7 Å². The van der Waals surface area contributed by atoms with Gasteiger partial charge in [0.2, 0.25) is 23.5 Å². The van der Waals surface area contributed by atoms with E-state index < -0.39 is 41.8 Å². The number of hydrogen-bond donors (Lipinski definition) is 4. The molecule has 208 valence electrons. The predicted octanol–water partition coefficient (Wildman–Crippen LogP) is 2.12. The standard InChI is InChI=1S/C29H36N4O6/c1-5-17(3)24(32-23(35)15-19-11-8-7-9-12-19)28(37)33-27(30-18(4)34)26(36)21-14-10-13-20-16-22(31-25(20)21)29(38)39-6-2/h7-14,17,22,24,27,31H,5-6,15-16H2,1-4H3,(H,30,34)(H,32,35)(H,33,37)/t17-,22?,24-,27?/m0/s1. The zero-order valence-electron chi connectivity index (χ0n) is 22.7. The van der Waals surface area contributed by atoms with Gasteiger partial charge in [-0.3, -0.25) is 19.2 Å². The van der Waals surface area contributed by atoms with Crippen molar-refractivity contribution in [2.24, 2.45) is 5.92 Å². The second kappa shape index (κ2) is 13.5. The number of nitrogens with one attached hydrogen (secondary N) is 4. The van der Waals surface area contributed by atoms with E-state index in [4.69, 9.17) is 4.74 Å². The highest BCUT2D eigenvalue weighted by Gasteiger charge is 2.35. The number of rotatable bonds is 12. The van der Waals surface area contributed by atoms with Gasteiger partial charge in [-0.05, 0) is 30.0 Å². The zero-order chi connectivity index (χ0) is 28.5. The summed E-state index contributed by atoms with van der Waals surface area (Å²) in [5.41, 5.74) is 2.22. The third-order valence-corrected chi connectivity index (χ3v) is 6.65. The molecule has 2 aromatic rings. The smallest absolute Gasteiger partial charge is 0.328 e. The Hall–Kier alpha value is -4.21. The van der Waals surface area contributed by atoms with Crippen molar-refractivity contribution in [1.82, 2.24) is 16.0 Å². The number of para-hydroxylation sites is 1. The summed E-state index contributed by atoms with van der Waals surface area (Å²) in [5.74, 6) is -2.69. The van der Waals surface area contributed by atoms with Gasteiger partial charge in [0.1, 0.15) is 12.1 Å². The Bertz CT molecular complexity index is 1220. The molecule has 2 aromatic carbocycles. The van der Waals surface area contributed by atoms with Crippen LogP contribution in [-0.2, 0) is 36.8 Å². The van der Waals surface area contributed by atoms with Crippen molar-refractivity contribution >= 4 is 35.2 Å². The van der Waals surface area contributed by atoms with E-state index in [-0.39, 0.29) is 30.4 Å². The van der Waals surface area contributed by atoms with Crippen molar-refractivity contribution in [3.05, 3.63) is 65.2 Å². The molecule has 4 N–H and O–H groups in total. The molecule has 10 heteroatoms. The van der Waals surface area contributed by atoms with E-state index in [1.165, 1.54) is 6.92 Å². The van der Waals surface area contributed by atoms with Crippen molar-refractivity contribution in [1.29, 1.82) is 0 Å². The van der Waals surface area contributed by atoms with E-state index in [0.717, 1.165) is 11.1 Å². The van der Waals surface area contributed by atoms with E-state index in [1.807, 2.05) is 44.2 Å². The second-order valence-corrected chi connectivity index (χ2v) is 9.59. The fraction of sp³-hybridized carbons (Fsp3) is 0.414. The Balaban J connectivity index is 1.79. The van der Waals surface area contributed by atoms with Crippen LogP contribution in [0.2, 0.25) is 0 Å². The lowest BCUT2D eigenvalue weighted by molar-refractivity contribution is -0.143. The van der Waals surface area contributed by atoms with Gasteiger partial charge in [0, 0.05) is 24.6 Å². The molecule has 39 heavy (non-hydrogen) atoms. The number of fused-ring (bicyclic) bond motifs is 1. The molecule has 0 saturated heterocycles. The van der Waals surface area contributed by atoms with Crippen molar-refractivity contribution in [3.63, 3.8) is 0 Å². The number of Topliss-reactive ketones (excluding diaryl/α,β-unsaturated/α-hetero) is 1. The molecule has 1 aliphatic heterocycles. The van der Waals surface area contributed by atoms with Crippen molar-refractivity contribution in [2.45, 2.75) is 65.2 Å². The summed E-state index contributed by atoms with van der Waals surface area (Å²) in [5, 5.41) is 11.0. The average Bonchev–Trinajstić information content (AvgIpc) is 3.36. The highest BCUT2D eigenvalue weighted by atomic mass is 16.5. The van der Waals surface area contributed by atoms with Crippen LogP contribution in [0.15, 0.2) is 48.5 Å². The minimum absolute atomic E-state index is 0.0958. The van der Waals surface area contributed by atoms with Gasteiger partial charge in [0.05, 0.1) is 13.0 Å². The first kappa shape index (κ1) is 29.3. The number of carbonyl (C=O) groups is 5. The van der Waals surface area contributed by atoms with Crippen LogP contribution < -0.4 is 21.3 Å². The summed E-state index contributed by atoms with van der Waals surface area (Å²) in [6.45, 7) is 6.90. The van der Waals surface area contributed by atoms with Gasteiger partial charge in [-0.1, -0.05) is 62.7 Å². The lowest BCUT2D eigenvalue weighted by Gasteiger charge is -2.27. The van der Waals surface area contributed by atoms with Crippen LogP contribution in [0.1, 0.15) is 55.6 Å². The minimum atomic E-state index is -1.39. The van der Waals surface area contributed by atoms with Crippen LogP contribution in [0.4, 0.5) is 5.69 Å². The molecule has 3 rings (SSSR count). The molecule has 1 heterocycles. The first-order valence-electron chi connectivity index (χ1n) is 13.1. The Morgan fingerprint density at radius 2 is 1.69 bits per heavy atom. The third-order valence-electron chi connectivity index (χ3n) is 6.65. The van der Waals surface area contributed by atoms with Crippen molar-refractivity contribution in [2.75, 3.05) is 11.9 Å². The van der Waals surface area contributed by atoms with Gasteiger partial charge in [-0.2, -0.15) is 0 Å². The van der Waals surface area contributed by atoms with Crippen LogP contribution in [0.3, 0.4) is 0 Å². The largest absolute Gasteiger partial charge is 0.464 e. The second-order valence-electron chi connectivity index (χ2n) is 9.59. The summed E-state index contributed by atoms with van der Waals surface area (Å²) >= 11 is 0. The van der Waals surface area contributed by atoms with Crippen molar-refractivity contribution in [3.8, 4) is 0 Å². The van der Waals surface area contributed by atoms with Crippen LogP contribution in [0.25, 0.3) is 0 Å². The van der Waals surface area contributed by atoms with E-state index in [9.17, 15) is 24.0 Å². The van der Waals surface area contributed by atoms with E-state index >= 15 is 0 Å². The van der Waals surface area contributed by atoms with Gasteiger partial charge < -0.3 is 26.0 Å².